The Kier molecular flexibility index (Phi) is 8.36. The molecular weight excluding hydrogens is 346 g/mol. The lowest BCUT2D eigenvalue weighted by Crippen LogP contribution is -2.30. The fraction of sp³-hybridized carbons (Fsp3) is 0.760. The number of esters is 1. The number of carbonyl (C=O) groups excluding carboxylic acids is 1. The highest BCUT2D eigenvalue weighted by Crippen LogP contribution is 2.42. The second-order valence-corrected chi connectivity index (χ2v) is 9.30. The number of pyridine rings is 1. The van der Waals surface area contributed by atoms with E-state index >= 15 is 0 Å². The van der Waals surface area contributed by atoms with Crippen LogP contribution in [0.1, 0.15) is 96.1 Å². The maximum Gasteiger partial charge on any atom is 0.314 e. The lowest BCUT2D eigenvalue weighted by Gasteiger charge is -2.37. The van der Waals surface area contributed by atoms with Crippen molar-refractivity contribution in [2.24, 2.45) is 23.7 Å². The van der Waals surface area contributed by atoms with E-state index < -0.39 is 0 Å². The van der Waals surface area contributed by atoms with Gasteiger partial charge in [-0.2, -0.15) is 0 Å². The molecule has 0 N–H and O–H groups in total. The van der Waals surface area contributed by atoms with Gasteiger partial charge in [0.15, 0.2) is 0 Å². The number of ether oxygens (including phenoxy) is 1. The van der Waals surface area contributed by atoms with Gasteiger partial charge in [0.05, 0.1) is 12.1 Å². The molecule has 3 heteroatoms. The van der Waals surface area contributed by atoms with Crippen molar-refractivity contribution in [3.63, 3.8) is 0 Å². The lowest BCUT2D eigenvalue weighted by molar-refractivity contribution is -0.140. The Hall–Kier alpha value is -1.38. The first kappa shape index (κ1) is 21.3. The first-order valence-electron chi connectivity index (χ1n) is 11.8. The third kappa shape index (κ3) is 6.32. The highest BCUT2D eigenvalue weighted by Gasteiger charge is 2.33. The van der Waals surface area contributed by atoms with Crippen LogP contribution in [0.2, 0.25) is 0 Å². The molecule has 2 fully saturated rings. The van der Waals surface area contributed by atoms with Crippen LogP contribution < -0.4 is 4.74 Å². The minimum absolute atomic E-state index is 0.0557. The van der Waals surface area contributed by atoms with Gasteiger partial charge in [0.2, 0.25) is 0 Å². The third-order valence-electron chi connectivity index (χ3n) is 7.23. The first-order valence-corrected chi connectivity index (χ1v) is 11.8. The number of hydrogen-bond acceptors (Lipinski definition) is 3. The SMILES string of the molecule is CCCCCCC1CCC(C2CCC(C(=O)Oc3ccc(C)nc3)CC2)CC1. The number of hydrogen-bond donors (Lipinski definition) is 0. The van der Waals surface area contributed by atoms with Gasteiger partial charge in [-0.15, -0.1) is 0 Å². The number of nitrogens with zero attached hydrogens (tertiary/aromatic N) is 1. The van der Waals surface area contributed by atoms with Crippen LogP contribution in [0.4, 0.5) is 0 Å². The van der Waals surface area contributed by atoms with Crippen LogP contribution in [-0.2, 0) is 4.79 Å². The van der Waals surface area contributed by atoms with Gasteiger partial charge in [-0.1, -0.05) is 51.9 Å². The van der Waals surface area contributed by atoms with Crippen LogP contribution in [0.25, 0.3) is 0 Å². The fourth-order valence-corrected chi connectivity index (χ4v) is 5.35. The summed E-state index contributed by atoms with van der Waals surface area (Å²) >= 11 is 0. The summed E-state index contributed by atoms with van der Waals surface area (Å²) in [5.41, 5.74) is 0.941. The summed E-state index contributed by atoms with van der Waals surface area (Å²) in [6, 6.07) is 3.73. The summed E-state index contributed by atoms with van der Waals surface area (Å²) < 4.78 is 5.56. The minimum atomic E-state index is -0.0557. The summed E-state index contributed by atoms with van der Waals surface area (Å²) in [5, 5.41) is 0. The van der Waals surface area contributed by atoms with E-state index in [1.807, 2.05) is 19.1 Å². The van der Waals surface area contributed by atoms with Crippen LogP contribution in [0.3, 0.4) is 0 Å². The molecule has 2 aliphatic rings. The van der Waals surface area contributed by atoms with E-state index in [1.165, 1.54) is 70.6 Å². The fourth-order valence-electron chi connectivity index (χ4n) is 5.35. The molecule has 1 heterocycles. The smallest absolute Gasteiger partial charge is 0.314 e. The second-order valence-electron chi connectivity index (χ2n) is 9.30. The summed E-state index contributed by atoms with van der Waals surface area (Å²) in [6.07, 6.45) is 18.9. The summed E-state index contributed by atoms with van der Waals surface area (Å²) in [6.45, 7) is 4.23. The normalized spacial score (nSPS) is 28.1. The molecule has 1 aromatic heterocycles. The Balaban J connectivity index is 1.35. The Labute approximate surface area is 171 Å². The van der Waals surface area contributed by atoms with Crippen molar-refractivity contribution in [3.05, 3.63) is 24.0 Å². The minimum Gasteiger partial charge on any atom is -0.425 e. The molecule has 0 amide bonds. The van der Waals surface area contributed by atoms with E-state index in [9.17, 15) is 4.79 Å². The highest BCUT2D eigenvalue weighted by atomic mass is 16.5. The third-order valence-corrected chi connectivity index (χ3v) is 7.23. The van der Waals surface area contributed by atoms with E-state index in [-0.39, 0.29) is 11.9 Å². The summed E-state index contributed by atoms with van der Waals surface area (Å²) in [4.78, 5) is 16.7. The topological polar surface area (TPSA) is 39.2 Å². The zero-order chi connectivity index (χ0) is 19.8. The molecule has 3 rings (SSSR count). The Morgan fingerprint density at radius 2 is 1.64 bits per heavy atom. The van der Waals surface area contributed by atoms with Gasteiger partial charge in [0.25, 0.3) is 0 Å². The maximum atomic E-state index is 12.5. The van der Waals surface area contributed by atoms with Crippen molar-refractivity contribution in [3.8, 4) is 5.75 Å². The zero-order valence-electron chi connectivity index (χ0n) is 18.0. The second kappa shape index (κ2) is 11.0. The molecule has 0 aromatic carbocycles. The molecule has 0 atom stereocenters. The van der Waals surface area contributed by atoms with Crippen LogP contribution in [-0.4, -0.2) is 11.0 Å². The summed E-state index contributed by atoms with van der Waals surface area (Å²) in [5.74, 6) is 3.33. The first-order chi connectivity index (χ1) is 13.7. The molecular formula is C25H39NO2. The van der Waals surface area contributed by atoms with E-state index in [2.05, 4.69) is 11.9 Å². The predicted molar refractivity (Wildman–Crippen MR) is 114 cm³/mol. The van der Waals surface area contributed by atoms with Crippen molar-refractivity contribution in [2.75, 3.05) is 0 Å². The quantitative estimate of drug-likeness (QED) is 0.362. The van der Waals surface area contributed by atoms with Crippen LogP contribution in [0, 0.1) is 30.6 Å². The molecule has 0 bridgehead atoms. The van der Waals surface area contributed by atoms with Crippen molar-refractivity contribution < 1.29 is 9.53 Å². The van der Waals surface area contributed by atoms with E-state index in [1.54, 1.807) is 6.20 Å². The predicted octanol–water partition coefficient (Wildman–Crippen LogP) is 6.88. The number of rotatable bonds is 8. The zero-order valence-corrected chi connectivity index (χ0v) is 18.0. The average molecular weight is 386 g/mol. The maximum absolute atomic E-state index is 12.5. The molecule has 0 spiro atoms. The van der Waals surface area contributed by atoms with Gasteiger partial charge in [0, 0.05) is 5.69 Å². The van der Waals surface area contributed by atoms with Crippen LogP contribution in [0.15, 0.2) is 18.3 Å². The molecule has 3 nitrogen and oxygen atoms in total. The van der Waals surface area contributed by atoms with Crippen molar-refractivity contribution in [1.29, 1.82) is 0 Å². The van der Waals surface area contributed by atoms with Crippen LogP contribution >= 0.6 is 0 Å². The largest absolute Gasteiger partial charge is 0.425 e. The standard InChI is InChI=1S/C25H39NO2/c1-3-4-5-6-7-20-9-11-21(12-10-20)22-13-15-23(16-14-22)25(27)28-24-17-8-19(2)26-18-24/h8,17-18,20-23H,3-7,9-16H2,1-2H3. The number of aromatic nitrogens is 1. The number of unbranched alkanes of at least 4 members (excludes halogenated alkanes) is 3. The van der Waals surface area contributed by atoms with Gasteiger partial charge in [-0.05, 0) is 75.3 Å². The molecule has 0 saturated heterocycles. The average Bonchev–Trinajstić information content (AvgIpc) is 2.73. The van der Waals surface area contributed by atoms with Crippen LogP contribution in [0.5, 0.6) is 5.75 Å². The van der Waals surface area contributed by atoms with Crippen molar-refractivity contribution in [2.45, 2.75) is 97.3 Å². The Bertz CT molecular complexity index is 581. The van der Waals surface area contributed by atoms with Gasteiger partial charge in [0.1, 0.15) is 5.75 Å². The van der Waals surface area contributed by atoms with Crippen molar-refractivity contribution >= 4 is 5.97 Å². The molecule has 0 aliphatic heterocycles. The van der Waals surface area contributed by atoms with E-state index in [4.69, 9.17) is 4.74 Å². The number of aryl methyl sites for hydroxylation is 1. The van der Waals surface area contributed by atoms with Crippen molar-refractivity contribution in [1.82, 2.24) is 4.98 Å². The summed E-state index contributed by atoms with van der Waals surface area (Å²) in [7, 11) is 0. The molecule has 1 aromatic rings. The van der Waals surface area contributed by atoms with Gasteiger partial charge in [-0.3, -0.25) is 9.78 Å². The molecule has 2 saturated carbocycles. The monoisotopic (exact) mass is 385 g/mol. The van der Waals surface area contributed by atoms with Gasteiger partial charge < -0.3 is 4.74 Å². The lowest BCUT2D eigenvalue weighted by atomic mass is 9.68. The number of carbonyl (C=O) groups is 1. The van der Waals surface area contributed by atoms with E-state index in [0.717, 1.165) is 36.3 Å². The molecule has 0 radical (unpaired) electrons. The van der Waals surface area contributed by atoms with Gasteiger partial charge in [-0.25, -0.2) is 0 Å². The Morgan fingerprint density at radius 3 is 2.25 bits per heavy atom. The van der Waals surface area contributed by atoms with Gasteiger partial charge >= 0.3 is 5.97 Å². The molecule has 156 valence electrons. The van der Waals surface area contributed by atoms with E-state index in [0.29, 0.717) is 5.75 Å². The molecule has 2 aliphatic carbocycles. The Morgan fingerprint density at radius 1 is 0.964 bits per heavy atom. The molecule has 0 unspecified atom stereocenters. The highest BCUT2D eigenvalue weighted by molar-refractivity contribution is 5.75. The molecule has 28 heavy (non-hydrogen) atoms.